The number of carbonyl (C=O) groups is 3. The number of amides is 2. The van der Waals surface area contributed by atoms with Gasteiger partial charge < -0.3 is 10.2 Å². The molecule has 1 fully saturated rings. The van der Waals surface area contributed by atoms with Crippen LogP contribution < -0.4 is 5.32 Å². The zero-order chi connectivity index (χ0) is 25.0. The molecule has 1 aliphatic carbocycles. The highest BCUT2D eigenvalue weighted by atomic mass is 16.2. The van der Waals surface area contributed by atoms with E-state index < -0.39 is 0 Å². The minimum absolute atomic E-state index is 0.0341. The van der Waals surface area contributed by atoms with E-state index in [4.69, 9.17) is 0 Å². The number of nitrogens with zero attached hydrogens (tertiary/aromatic N) is 4. The molecule has 2 aliphatic heterocycles. The Bertz CT molecular complexity index is 1240. The van der Waals surface area contributed by atoms with E-state index in [9.17, 15) is 14.4 Å². The van der Waals surface area contributed by atoms with Crippen LogP contribution in [0, 0.1) is 5.41 Å². The second-order valence-corrected chi connectivity index (χ2v) is 11.1. The lowest BCUT2D eigenvalue weighted by Gasteiger charge is -2.43. The van der Waals surface area contributed by atoms with Crippen molar-refractivity contribution in [1.29, 1.82) is 0 Å². The van der Waals surface area contributed by atoms with Gasteiger partial charge in [-0.25, -0.2) is 0 Å². The van der Waals surface area contributed by atoms with Gasteiger partial charge in [0.1, 0.15) is 11.4 Å². The number of likely N-dealkylation sites (tertiary alicyclic amines) is 1. The number of rotatable bonds is 3. The summed E-state index contributed by atoms with van der Waals surface area (Å²) >= 11 is 0. The first kappa shape index (κ1) is 23.5. The minimum atomic E-state index is -0.202. The van der Waals surface area contributed by atoms with Gasteiger partial charge in [-0.2, -0.15) is 5.10 Å². The summed E-state index contributed by atoms with van der Waals surface area (Å²) in [6.07, 6.45) is 4.94. The summed E-state index contributed by atoms with van der Waals surface area (Å²) in [7, 11) is 0. The number of aliphatic imine (C=N–C) groups is 1. The van der Waals surface area contributed by atoms with Crippen molar-refractivity contribution in [3.8, 4) is 0 Å². The van der Waals surface area contributed by atoms with Crippen LogP contribution in [0.1, 0.15) is 84.5 Å². The van der Waals surface area contributed by atoms with Crippen molar-refractivity contribution in [2.75, 3.05) is 19.6 Å². The van der Waals surface area contributed by atoms with E-state index in [0.29, 0.717) is 49.6 Å². The summed E-state index contributed by atoms with van der Waals surface area (Å²) in [6.45, 7) is 10.3. The van der Waals surface area contributed by atoms with Gasteiger partial charge in [0.15, 0.2) is 5.78 Å². The van der Waals surface area contributed by atoms with E-state index in [2.05, 4.69) is 36.2 Å². The number of piperidine rings is 1. The second-order valence-electron chi connectivity index (χ2n) is 11.1. The minimum Gasteiger partial charge on any atom is -0.351 e. The third-order valence-electron chi connectivity index (χ3n) is 7.53. The van der Waals surface area contributed by atoms with E-state index in [1.54, 1.807) is 6.07 Å². The average Bonchev–Trinajstić information content (AvgIpc) is 3.43. The van der Waals surface area contributed by atoms with Crippen LogP contribution in [0.25, 0.3) is 0 Å². The van der Waals surface area contributed by atoms with Crippen LogP contribution in [0.15, 0.2) is 29.4 Å². The Labute approximate surface area is 205 Å². The van der Waals surface area contributed by atoms with Gasteiger partial charge in [-0.3, -0.25) is 24.1 Å². The van der Waals surface area contributed by atoms with Gasteiger partial charge in [-0.1, -0.05) is 6.07 Å². The molecule has 8 heteroatoms. The van der Waals surface area contributed by atoms with Crippen LogP contribution in [0.2, 0.25) is 0 Å². The molecular weight excluding hydrogens is 442 g/mol. The van der Waals surface area contributed by atoms with Crippen molar-refractivity contribution in [3.05, 3.63) is 52.3 Å². The molecule has 1 N–H and O–H groups in total. The van der Waals surface area contributed by atoms with Crippen molar-refractivity contribution in [2.24, 2.45) is 10.4 Å². The molecule has 1 spiro atoms. The van der Waals surface area contributed by atoms with Gasteiger partial charge in [0, 0.05) is 48.9 Å². The van der Waals surface area contributed by atoms with Crippen LogP contribution >= 0.6 is 0 Å². The van der Waals surface area contributed by atoms with Crippen molar-refractivity contribution in [2.45, 2.75) is 65.5 Å². The molecule has 0 atom stereocenters. The van der Waals surface area contributed by atoms with Gasteiger partial charge in [-0.05, 0) is 70.1 Å². The fourth-order valence-electron chi connectivity index (χ4n) is 5.48. The normalized spacial score (nSPS) is 18.8. The number of likely N-dealkylation sites (N-methyl/N-ethyl adjacent to an activating group) is 1. The summed E-state index contributed by atoms with van der Waals surface area (Å²) in [5, 5.41) is 7.38. The highest BCUT2D eigenvalue weighted by Gasteiger charge is 2.43. The molecule has 0 saturated carbocycles. The maximum Gasteiger partial charge on any atom is 0.270 e. The van der Waals surface area contributed by atoms with Crippen molar-refractivity contribution in [1.82, 2.24) is 20.0 Å². The summed E-state index contributed by atoms with van der Waals surface area (Å²) in [5.74, 6) is -0.120. The predicted octanol–water partition coefficient (Wildman–Crippen LogP) is 3.13. The van der Waals surface area contributed by atoms with E-state index in [1.807, 2.05) is 34.8 Å². The molecule has 5 rings (SSSR count). The molecule has 1 aromatic heterocycles. The van der Waals surface area contributed by atoms with E-state index in [0.717, 1.165) is 36.0 Å². The van der Waals surface area contributed by atoms with Gasteiger partial charge in [0.05, 0.1) is 12.1 Å². The third kappa shape index (κ3) is 4.19. The molecule has 0 bridgehead atoms. The first-order valence-electron chi connectivity index (χ1n) is 12.5. The van der Waals surface area contributed by atoms with E-state index in [1.165, 1.54) is 0 Å². The molecule has 1 aromatic carbocycles. The molecule has 184 valence electrons. The predicted molar refractivity (Wildman–Crippen MR) is 133 cm³/mol. The first-order chi connectivity index (χ1) is 16.6. The van der Waals surface area contributed by atoms with E-state index >= 15 is 0 Å². The Morgan fingerprint density at radius 1 is 1.11 bits per heavy atom. The maximum atomic E-state index is 13.4. The Morgan fingerprint density at radius 3 is 2.54 bits per heavy atom. The number of ketones is 1. The van der Waals surface area contributed by atoms with Crippen LogP contribution in [0.4, 0.5) is 0 Å². The standard InChI is InChI=1S/C27H33N5O3/c1-5-28-24(34)23-20-12-17(6-7-18(20)15-29-23)25(35)31-10-8-27(9-11-31)13-19-16-32(26(2,3)4)30-22(19)21(33)14-27/h6-7,12,16H,5,8-11,13-15H2,1-4H3,(H,28,34). The highest BCUT2D eigenvalue weighted by Crippen LogP contribution is 2.43. The number of Topliss-reactive ketones (excluding diaryl/α,β-unsaturated/α-hetero) is 1. The molecule has 0 unspecified atom stereocenters. The largest absolute Gasteiger partial charge is 0.351 e. The van der Waals surface area contributed by atoms with Crippen molar-refractivity contribution < 1.29 is 14.4 Å². The molecule has 2 amide bonds. The molecule has 3 aliphatic rings. The smallest absolute Gasteiger partial charge is 0.270 e. The van der Waals surface area contributed by atoms with Crippen LogP contribution in [-0.2, 0) is 23.3 Å². The summed E-state index contributed by atoms with van der Waals surface area (Å²) in [5.41, 5.74) is 4.07. The molecule has 35 heavy (non-hydrogen) atoms. The lowest BCUT2D eigenvalue weighted by molar-refractivity contribution is -0.114. The number of fused-ring (bicyclic) bond motifs is 2. The maximum absolute atomic E-state index is 13.4. The first-order valence-corrected chi connectivity index (χ1v) is 12.5. The number of aromatic nitrogens is 2. The monoisotopic (exact) mass is 475 g/mol. The van der Waals surface area contributed by atoms with Crippen LogP contribution in [0.5, 0.6) is 0 Å². The third-order valence-corrected chi connectivity index (χ3v) is 7.53. The summed E-state index contributed by atoms with van der Waals surface area (Å²) in [4.78, 5) is 44.9. The molecule has 3 heterocycles. The lowest BCUT2D eigenvalue weighted by atomic mass is 9.67. The molecular formula is C27H33N5O3. The van der Waals surface area contributed by atoms with Crippen molar-refractivity contribution >= 4 is 23.3 Å². The Hall–Kier alpha value is -3.29. The lowest BCUT2D eigenvalue weighted by Crippen LogP contribution is -2.46. The van der Waals surface area contributed by atoms with Gasteiger partial charge in [-0.15, -0.1) is 0 Å². The average molecular weight is 476 g/mol. The fourth-order valence-corrected chi connectivity index (χ4v) is 5.48. The fraction of sp³-hybridized carbons (Fsp3) is 0.519. The SMILES string of the molecule is CCNC(=O)C1=NCc2ccc(C(=O)N3CCC4(CC3)CC(=O)c3nn(C(C)(C)C)cc3C4)cc21. The molecule has 1 saturated heterocycles. The Morgan fingerprint density at radius 2 is 1.86 bits per heavy atom. The number of hydrogen-bond donors (Lipinski definition) is 1. The van der Waals surface area contributed by atoms with Gasteiger partial charge in [0.25, 0.3) is 11.8 Å². The molecule has 0 radical (unpaired) electrons. The van der Waals surface area contributed by atoms with Crippen LogP contribution in [0.3, 0.4) is 0 Å². The van der Waals surface area contributed by atoms with Gasteiger partial charge >= 0.3 is 0 Å². The topological polar surface area (TPSA) is 96.7 Å². The summed E-state index contributed by atoms with van der Waals surface area (Å²) in [6, 6.07) is 5.54. The number of benzene rings is 1. The number of nitrogens with one attached hydrogen (secondary N) is 1. The number of hydrogen-bond acceptors (Lipinski definition) is 5. The summed E-state index contributed by atoms with van der Waals surface area (Å²) < 4.78 is 1.90. The Balaban J connectivity index is 1.29. The zero-order valence-corrected chi connectivity index (χ0v) is 21.0. The van der Waals surface area contributed by atoms with Crippen LogP contribution in [-0.4, -0.2) is 57.6 Å². The van der Waals surface area contributed by atoms with E-state index in [-0.39, 0.29) is 28.6 Å². The highest BCUT2D eigenvalue weighted by molar-refractivity contribution is 6.46. The van der Waals surface area contributed by atoms with Gasteiger partial charge in [0.2, 0.25) is 0 Å². The molecule has 2 aromatic rings. The number of carbonyl (C=O) groups excluding carboxylic acids is 3. The van der Waals surface area contributed by atoms with Crippen molar-refractivity contribution in [3.63, 3.8) is 0 Å². The quantitative estimate of drug-likeness (QED) is 0.738. The zero-order valence-electron chi connectivity index (χ0n) is 21.0. The second kappa shape index (κ2) is 8.43. The Kier molecular flexibility index (Phi) is 5.65. The molecule has 8 nitrogen and oxygen atoms in total.